The molecule has 1 N–H and O–H groups in total. The van der Waals surface area contributed by atoms with Crippen molar-refractivity contribution in [3.8, 4) is 0 Å². The Kier molecular flexibility index (Phi) is 4.46. The molecule has 1 aliphatic rings. The average Bonchev–Trinajstić information content (AvgIpc) is 2.37. The number of rotatable bonds is 3. The minimum absolute atomic E-state index is 0.137. The number of piperidine rings is 1. The quantitative estimate of drug-likeness (QED) is 0.905. The zero-order valence-corrected chi connectivity index (χ0v) is 12.7. The maximum Gasteiger partial charge on any atom is 0.128 e. The summed E-state index contributed by atoms with van der Waals surface area (Å²) in [6.45, 7) is 12.0. The molecule has 0 atom stereocenters. The highest BCUT2D eigenvalue weighted by Crippen LogP contribution is 2.21. The van der Waals surface area contributed by atoms with E-state index in [-0.39, 0.29) is 5.54 Å². The van der Waals surface area contributed by atoms with E-state index in [4.69, 9.17) is 4.98 Å². The summed E-state index contributed by atoms with van der Waals surface area (Å²) in [5.74, 6) is 2.00. The van der Waals surface area contributed by atoms with E-state index in [2.05, 4.69) is 56.1 Å². The molecule has 0 saturated carbocycles. The van der Waals surface area contributed by atoms with Gasteiger partial charge in [0, 0.05) is 25.2 Å². The van der Waals surface area contributed by atoms with Crippen molar-refractivity contribution >= 4 is 5.82 Å². The van der Waals surface area contributed by atoms with Crippen molar-refractivity contribution in [2.75, 3.05) is 18.0 Å². The largest absolute Gasteiger partial charge is 0.357 e. The van der Waals surface area contributed by atoms with E-state index >= 15 is 0 Å². The Morgan fingerprint density at radius 1 is 1.26 bits per heavy atom. The molecule has 106 valence electrons. The number of hydrogen-bond donors (Lipinski definition) is 1. The molecule has 1 fully saturated rings. The van der Waals surface area contributed by atoms with Crippen LogP contribution in [0.15, 0.2) is 18.2 Å². The first kappa shape index (κ1) is 14.3. The van der Waals surface area contributed by atoms with E-state index in [1.165, 1.54) is 12.8 Å². The standard InChI is InChI=1S/C16H27N3/c1-13-8-10-19(11-9-13)15-7-5-6-14(18-15)12-17-16(2,3)4/h5-7,13,17H,8-12H2,1-4H3. The van der Waals surface area contributed by atoms with Crippen LogP contribution in [0.3, 0.4) is 0 Å². The smallest absolute Gasteiger partial charge is 0.128 e. The molecule has 0 amide bonds. The van der Waals surface area contributed by atoms with Gasteiger partial charge in [0.1, 0.15) is 5.82 Å². The first-order chi connectivity index (χ1) is 8.94. The lowest BCUT2D eigenvalue weighted by molar-refractivity contribution is 0.420. The highest BCUT2D eigenvalue weighted by atomic mass is 15.2. The molecule has 1 aliphatic heterocycles. The molecule has 1 aromatic heterocycles. The zero-order valence-electron chi connectivity index (χ0n) is 12.7. The fourth-order valence-electron chi connectivity index (χ4n) is 2.33. The van der Waals surface area contributed by atoms with E-state index in [1.54, 1.807) is 0 Å². The van der Waals surface area contributed by atoms with Crippen LogP contribution < -0.4 is 10.2 Å². The Morgan fingerprint density at radius 3 is 2.58 bits per heavy atom. The third-order valence-electron chi connectivity index (χ3n) is 3.70. The van der Waals surface area contributed by atoms with Crippen molar-refractivity contribution in [1.29, 1.82) is 0 Å². The van der Waals surface area contributed by atoms with Crippen molar-refractivity contribution in [2.24, 2.45) is 5.92 Å². The summed E-state index contributed by atoms with van der Waals surface area (Å²) >= 11 is 0. The lowest BCUT2D eigenvalue weighted by atomic mass is 9.99. The van der Waals surface area contributed by atoms with Gasteiger partial charge >= 0.3 is 0 Å². The van der Waals surface area contributed by atoms with Crippen LogP contribution in [-0.2, 0) is 6.54 Å². The molecule has 3 nitrogen and oxygen atoms in total. The first-order valence-corrected chi connectivity index (χ1v) is 7.40. The van der Waals surface area contributed by atoms with Crippen molar-refractivity contribution < 1.29 is 0 Å². The van der Waals surface area contributed by atoms with E-state index < -0.39 is 0 Å². The maximum absolute atomic E-state index is 4.79. The van der Waals surface area contributed by atoms with E-state index in [9.17, 15) is 0 Å². The molecule has 19 heavy (non-hydrogen) atoms. The number of pyridine rings is 1. The Labute approximate surface area is 117 Å². The first-order valence-electron chi connectivity index (χ1n) is 7.40. The molecule has 3 heteroatoms. The summed E-state index contributed by atoms with van der Waals surface area (Å²) in [6.07, 6.45) is 2.57. The minimum atomic E-state index is 0.137. The molecular formula is C16H27N3. The zero-order chi connectivity index (χ0) is 13.9. The van der Waals surface area contributed by atoms with E-state index in [0.717, 1.165) is 37.1 Å². The second-order valence-electron chi connectivity index (χ2n) is 6.76. The average molecular weight is 261 g/mol. The van der Waals surface area contributed by atoms with Gasteiger partial charge in [-0.05, 0) is 51.7 Å². The monoisotopic (exact) mass is 261 g/mol. The van der Waals surface area contributed by atoms with Crippen LogP contribution in [0.4, 0.5) is 5.82 Å². The lowest BCUT2D eigenvalue weighted by Gasteiger charge is -2.31. The molecular weight excluding hydrogens is 234 g/mol. The normalized spacial score (nSPS) is 17.8. The molecule has 2 rings (SSSR count). The van der Waals surface area contributed by atoms with Gasteiger partial charge in [-0.15, -0.1) is 0 Å². The summed E-state index contributed by atoms with van der Waals surface area (Å²) in [7, 11) is 0. The van der Waals surface area contributed by atoms with Gasteiger partial charge in [-0.2, -0.15) is 0 Å². The predicted octanol–water partition coefficient (Wildman–Crippen LogP) is 3.21. The highest BCUT2D eigenvalue weighted by molar-refractivity contribution is 5.39. The van der Waals surface area contributed by atoms with Gasteiger partial charge in [-0.1, -0.05) is 13.0 Å². The Hall–Kier alpha value is -1.09. The third kappa shape index (κ3) is 4.50. The molecule has 1 saturated heterocycles. The summed E-state index contributed by atoms with van der Waals surface area (Å²) < 4.78 is 0. The van der Waals surface area contributed by atoms with Crippen LogP contribution in [0, 0.1) is 5.92 Å². The SMILES string of the molecule is CC1CCN(c2cccc(CNC(C)(C)C)n2)CC1. The molecule has 0 radical (unpaired) electrons. The van der Waals surface area contributed by atoms with Crippen LogP contribution in [0.2, 0.25) is 0 Å². The number of anilines is 1. The molecule has 0 unspecified atom stereocenters. The van der Waals surface area contributed by atoms with Gasteiger partial charge in [0.15, 0.2) is 0 Å². The predicted molar refractivity (Wildman–Crippen MR) is 81.4 cm³/mol. The third-order valence-corrected chi connectivity index (χ3v) is 3.70. The van der Waals surface area contributed by atoms with Crippen LogP contribution in [0.1, 0.15) is 46.2 Å². The summed E-state index contributed by atoms with van der Waals surface area (Å²) in [5.41, 5.74) is 1.27. The van der Waals surface area contributed by atoms with Crippen molar-refractivity contribution in [1.82, 2.24) is 10.3 Å². The maximum atomic E-state index is 4.79. The molecule has 1 aromatic rings. The van der Waals surface area contributed by atoms with Gasteiger partial charge in [-0.3, -0.25) is 0 Å². The van der Waals surface area contributed by atoms with Gasteiger partial charge in [-0.25, -0.2) is 4.98 Å². The molecule has 2 heterocycles. The van der Waals surface area contributed by atoms with Crippen LogP contribution in [0.25, 0.3) is 0 Å². The van der Waals surface area contributed by atoms with Gasteiger partial charge in [0.2, 0.25) is 0 Å². The van der Waals surface area contributed by atoms with Crippen molar-refractivity contribution in [3.05, 3.63) is 23.9 Å². The second kappa shape index (κ2) is 5.91. The lowest BCUT2D eigenvalue weighted by Crippen LogP contribution is -2.36. The Morgan fingerprint density at radius 2 is 1.95 bits per heavy atom. The minimum Gasteiger partial charge on any atom is -0.357 e. The van der Waals surface area contributed by atoms with Gasteiger partial charge in [0.05, 0.1) is 5.69 Å². The molecule has 0 spiro atoms. The Bertz CT molecular complexity index is 401. The number of hydrogen-bond acceptors (Lipinski definition) is 3. The van der Waals surface area contributed by atoms with Crippen molar-refractivity contribution in [2.45, 2.75) is 52.6 Å². The summed E-state index contributed by atoms with van der Waals surface area (Å²) in [6, 6.07) is 6.37. The number of nitrogens with one attached hydrogen (secondary N) is 1. The fourth-order valence-corrected chi connectivity index (χ4v) is 2.33. The van der Waals surface area contributed by atoms with Crippen LogP contribution >= 0.6 is 0 Å². The van der Waals surface area contributed by atoms with E-state index in [0.29, 0.717) is 0 Å². The Balaban J connectivity index is 1.99. The van der Waals surface area contributed by atoms with Crippen LogP contribution in [0.5, 0.6) is 0 Å². The second-order valence-corrected chi connectivity index (χ2v) is 6.76. The van der Waals surface area contributed by atoms with Gasteiger partial charge in [0.25, 0.3) is 0 Å². The van der Waals surface area contributed by atoms with Crippen molar-refractivity contribution in [3.63, 3.8) is 0 Å². The molecule has 0 aromatic carbocycles. The highest BCUT2D eigenvalue weighted by Gasteiger charge is 2.17. The van der Waals surface area contributed by atoms with Crippen LogP contribution in [-0.4, -0.2) is 23.6 Å². The molecule has 0 aliphatic carbocycles. The topological polar surface area (TPSA) is 28.2 Å². The fraction of sp³-hybridized carbons (Fsp3) is 0.688. The summed E-state index contributed by atoms with van der Waals surface area (Å²) in [5, 5.41) is 3.49. The van der Waals surface area contributed by atoms with Gasteiger partial charge < -0.3 is 10.2 Å². The number of nitrogens with zero attached hydrogens (tertiary/aromatic N) is 2. The number of aromatic nitrogens is 1. The molecule has 0 bridgehead atoms. The van der Waals surface area contributed by atoms with E-state index in [1.807, 2.05) is 0 Å². The summed E-state index contributed by atoms with van der Waals surface area (Å²) in [4.78, 5) is 7.21.